The molecule has 0 saturated heterocycles. The molecule has 1 aliphatic carbocycles. The van der Waals surface area contributed by atoms with Crippen LogP contribution in [0.3, 0.4) is 0 Å². The van der Waals surface area contributed by atoms with Crippen molar-refractivity contribution < 1.29 is 4.55 Å². The summed E-state index contributed by atoms with van der Waals surface area (Å²) in [7, 11) is 0. The molecule has 17 heavy (non-hydrogen) atoms. The molecule has 0 heterocycles. The van der Waals surface area contributed by atoms with Crippen molar-refractivity contribution in [1.29, 1.82) is 5.26 Å². The van der Waals surface area contributed by atoms with E-state index in [0.29, 0.717) is 5.03 Å². The SMILES string of the molecule is CC(Cl)=C1/C(=C\C(C)C#N)CCC1N[S+](N)[O-]. The molecule has 0 aliphatic heterocycles. The van der Waals surface area contributed by atoms with Gasteiger partial charge in [-0.25, -0.2) is 0 Å². The Morgan fingerprint density at radius 2 is 2.47 bits per heavy atom. The molecule has 6 heteroatoms. The maximum absolute atomic E-state index is 11.0. The lowest BCUT2D eigenvalue weighted by Gasteiger charge is -2.14. The van der Waals surface area contributed by atoms with Crippen LogP contribution < -0.4 is 9.86 Å². The van der Waals surface area contributed by atoms with Crippen molar-refractivity contribution in [3.63, 3.8) is 0 Å². The fourth-order valence-electron chi connectivity index (χ4n) is 2.03. The average Bonchev–Trinajstić information content (AvgIpc) is 2.59. The third-order valence-electron chi connectivity index (χ3n) is 2.68. The molecule has 0 radical (unpaired) electrons. The van der Waals surface area contributed by atoms with Crippen molar-refractivity contribution in [1.82, 2.24) is 4.72 Å². The second kappa shape index (κ2) is 6.43. The number of hydrogen-bond acceptors (Lipinski definition) is 4. The van der Waals surface area contributed by atoms with Crippen LogP contribution in [0, 0.1) is 17.2 Å². The van der Waals surface area contributed by atoms with E-state index in [0.717, 1.165) is 24.0 Å². The molecule has 3 unspecified atom stereocenters. The normalized spacial score (nSPS) is 28.9. The van der Waals surface area contributed by atoms with Crippen LogP contribution in [-0.2, 0) is 11.5 Å². The highest BCUT2D eigenvalue weighted by Crippen LogP contribution is 2.35. The Hall–Kier alpha value is -0.510. The average molecular weight is 274 g/mol. The van der Waals surface area contributed by atoms with Gasteiger partial charge in [0.05, 0.1) is 18.0 Å². The minimum atomic E-state index is -1.56. The van der Waals surface area contributed by atoms with Gasteiger partial charge in [-0.1, -0.05) is 17.7 Å². The van der Waals surface area contributed by atoms with Crippen molar-refractivity contribution in [2.75, 3.05) is 0 Å². The molecule has 1 fully saturated rings. The Balaban J connectivity index is 2.95. The molecule has 94 valence electrons. The summed E-state index contributed by atoms with van der Waals surface area (Å²) in [6, 6.07) is 2.07. The van der Waals surface area contributed by atoms with Crippen LogP contribution >= 0.6 is 11.6 Å². The monoisotopic (exact) mass is 273 g/mol. The van der Waals surface area contributed by atoms with E-state index in [1.165, 1.54) is 0 Å². The highest BCUT2D eigenvalue weighted by atomic mass is 35.5. The number of nitrogens with zero attached hydrogens (tertiary/aromatic N) is 1. The third-order valence-corrected chi connectivity index (χ3v) is 3.40. The van der Waals surface area contributed by atoms with Gasteiger partial charge in [0, 0.05) is 5.03 Å². The molecule has 1 rings (SSSR count). The first-order valence-corrected chi connectivity index (χ1v) is 6.94. The van der Waals surface area contributed by atoms with Crippen LogP contribution in [0.15, 0.2) is 22.3 Å². The van der Waals surface area contributed by atoms with Gasteiger partial charge in [-0.05, 0) is 37.8 Å². The van der Waals surface area contributed by atoms with Gasteiger partial charge in [0.1, 0.15) is 11.5 Å². The molecule has 3 atom stereocenters. The lowest BCUT2D eigenvalue weighted by Crippen LogP contribution is -2.38. The van der Waals surface area contributed by atoms with Gasteiger partial charge in [0.2, 0.25) is 0 Å². The number of halogens is 1. The molecule has 0 aromatic rings. The minimum absolute atomic E-state index is 0.0875. The molecule has 0 spiro atoms. The van der Waals surface area contributed by atoms with Crippen LogP contribution in [0.5, 0.6) is 0 Å². The van der Waals surface area contributed by atoms with Crippen molar-refractivity contribution in [2.45, 2.75) is 32.7 Å². The van der Waals surface area contributed by atoms with Crippen molar-refractivity contribution >= 4 is 23.1 Å². The third kappa shape index (κ3) is 4.02. The van der Waals surface area contributed by atoms with E-state index in [4.69, 9.17) is 22.0 Å². The quantitative estimate of drug-likeness (QED) is 0.769. The molecule has 0 bridgehead atoms. The Bertz CT molecular complexity index is 383. The van der Waals surface area contributed by atoms with Gasteiger partial charge in [-0.3, -0.25) is 0 Å². The summed E-state index contributed by atoms with van der Waals surface area (Å²) < 4.78 is 13.8. The van der Waals surface area contributed by atoms with E-state index in [1.807, 2.05) is 13.0 Å². The smallest absolute Gasteiger partial charge is 0.132 e. The van der Waals surface area contributed by atoms with Crippen LogP contribution in [0.4, 0.5) is 0 Å². The van der Waals surface area contributed by atoms with E-state index in [2.05, 4.69) is 10.8 Å². The van der Waals surface area contributed by atoms with Gasteiger partial charge >= 0.3 is 0 Å². The summed E-state index contributed by atoms with van der Waals surface area (Å²) in [4.78, 5) is 0. The summed E-state index contributed by atoms with van der Waals surface area (Å²) in [5, 5.41) is 14.7. The Kier molecular flexibility index (Phi) is 5.50. The van der Waals surface area contributed by atoms with Gasteiger partial charge in [0.15, 0.2) is 0 Å². The second-order valence-electron chi connectivity index (χ2n) is 4.06. The zero-order chi connectivity index (χ0) is 13.0. The van der Waals surface area contributed by atoms with Crippen LogP contribution in [0.1, 0.15) is 26.7 Å². The molecule has 0 amide bonds. The van der Waals surface area contributed by atoms with Crippen LogP contribution in [0.25, 0.3) is 0 Å². The lowest BCUT2D eigenvalue weighted by molar-refractivity contribution is 0.568. The van der Waals surface area contributed by atoms with Crippen molar-refractivity contribution in [3.8, 4) is 6.07 Å². The van der Waals surface area contributed by atoms with Gasteiger partial charge in [-0.15, -0.1) is 9.86 Å². The summed E-state index contributed by atoms with van der Waals surface area (Å²) >= 11 is 4.50. The number of rotatable bonds is 3. The van der Waals surface area contributed by atoms with E-state index < -0.39 is 11.5 Å². The van der Waals surface area contributed by atoms with Crippen LogP contribution in [0.2, 0.25) is 0 Å². The minimum Gasteiger partial charge on any atom is -0.579 e. The Labute approximate surface area is 110 Å². The molecule has 3 N–H and O–H groups in total. The fourth-order valence-corrected chi connectivity index (χ4v) is 2.80. The Morgan fingerprint density at radius 1 is 1.82 bits per heavy atom. The maximum atomic E-state index is 11.0. The molecule has 1 saturated carbocycles. The largest absolute Gasteiger partial charge is 0.579 e. The number of nitrogens with two attached hydrogens (primary N) is 1. The van der Waals surface area contributed by atoms with Gasteiger partial charge < -0.3 is 4.55 Å². The first kappa shape index (κ1) is 14.6. The molecular formula is C11H16ClN3OS. The molecule has 4 nitrogen and oxygen atoms in total. The molecular weight excluding hydrogens is 258 g/mol. The predicted octanol–water partition coefficient (Wildman–Crippen LogP) is 1.87. The summed E-state index contributed by atoms with van der Waals surface area (Å²) in [5.74, 6) is -0.154. The van der Waals surface area contributed by atoms with E-state index in [1.54, 1.807) is 6.92 Å². The fraction of sp³-hybridized carbons (Fsp3) is 0.545. The zero-order valence-electron chi connectivity index (χ0n) is 9.87. The van der Waals surface area contributed by atoms with Gasteiger partial charge in [0.25, 0.3) is 0 Å². The number of nitriles is 1. The number of hydrogen-bond donors (Lipinski definition) is 2. The summed E-state index contributed by atoms with van der Waals surface area (Å²) in [5.41, 5.74) is 1.97. The van der Waals surface area contributed by atoms with Crippen molar-refractivity contribution in [3.05, 3.63) is 22.3 Å². The first-order valence-electron chi connectivity index (χ1n) is 5.35. The van der Waals surface area contributed by atoms with E-state index in [9.17, 15) is 4.55 Å². The summed E-state index contributed by atoms with van der Waals surface area (Å²) in [6.45, 7) is 3.62. The molecule has 0 aromatic heterocycles. The van der Waals surface area contributed by atoms with Crippen LogP contribution in [-0.4, -0.2) is 10.6 Å². The van der Waals surface area contributed by atoms with Crippen molar-refractivity contribution in [2.24, 2.45) is 11.1 Å². The Morgan fingerprint density at radius 3 is 2.94 bits per heavy atom. The first-order chi connectivity index (χ1) is 7.95. The molecule has 0 aromatic carbocycles. The van der Waals surface area contributed by atoms with E-state index in [-0.39, 0.29) is 12.0 Å². The number of nitrogens with one attached hydrogen (secondary N) is 1. The number of allylic oxidation sites excluding steroid dienone is 2. The lowest BCUT2D eigenvalue weighted by atomic mass is 10.0. The second-order valence-corrected chi connectivity index (χ2v) is 5.46. The van der Waals surface area contributed by atoms with E-state index >= 15 is 0 Å². The highest BCUT2D eigenvalue weighted by molar-refractivity contribution is 7.87. The zero-order valence-corrected chi connectivity index (χ0v) is 11.4. The standard InChI is InChI=1S/C11H16ClN3OS/c1-7(6-13)5-9-3-4-10(15-17(14)16)11(9)8(2)12/h5,7,10,15H,3-4,14H2,1-2H3/b9-5-,11-8?. The van der Waals surface area contributed by atoms with Gasteiger partial charge in [-0.2, -0.15) is 5.26 Å². The summed E-state index contributed by atoms with van der Waals surface area (Å²) in [6.07, 6.45) is 3.52. The molecule has 1 aliphatic rings. The predicted molar refractivity (Wildman–Crippen MR) is 69.9 cm³/mol. The topological polar surface area (TPSA) is 84.9 Å². The highest BCUT2D eigenvalue weighted by Gasteiger charge is 2.30. The maximum Gasteiger partial charge on any atom is 0.132 e.